The molecule has 1 aliphatic heterocycles. The number of halogens is 3. The molecule has 8 heteroatoms. The van der Waals surface area contributed by atoms with Gasteiger partial charge in [0.2, 0.25) is 11.6 Å². The lowest BCUT2D eigenvalue weighted by Gasteiger charge is -2.23. The van der Waals surface area contributed by atoms with E-state index in [9.17, 15) is 22.8 Å². The SMILES string of the molecule is O=C1CN(c2cccc(C(F)(F)F)c2)N=C(CO)C1=O. The first-order valence-corrected chi connectivity index (χ1v) is 5.53. The molecule has 2 rings (SSSR count). The van der Waals surface area contributed by atoms with Crippen LogP contribution in [0.25, 0.3) is 0 Å². The molecule has 1 aliphatic rings. The minimum atomic E-state index is -4.52. The van der Waals surface area contributed by atoms with Gasteiger partial charge >= 0.3 is 6.18 Å². The van der Waals surface area contributed by atoms with Crippen molar-refractivity contribution in [2.45, 2.75) is 6.18 Å². The second kappa shape index (κ2) is 5.04. The van der Waals surface area contributed by atoms with E-state index in [0.717, 1.165) is 17.1 Å². The van der Waals surface area contributed by atoms with E-state index in [1.807, 2.05) is 0 Å². The molecule has 0 spiro atoms. The van der Waals surface area contributed by atoms with Crippen molar-refractivity contribution in [2.24, 2.45) is 5.10 Å². The molecule has 0 saturated carbocycles. The molecule has 0 bridgehead atoms. The van der Waals surface area contributed by atoms with Crippen LogP contribution >= 0.6 is 0 Å². The van der Waals surface area contributed by atoms with Gasteiger partial charge in [-0.05, 0) is 18.2 Å². The largest absolute Gasteiger partial charge is 0.416 e. The van der Waals surface area contributed by atoms with E-state index < -0.39 is 42.2 Å². The molecule has 1 aromatic rings. The maximum atomic E-state index is 12.6. The molecule has 106 valence electrons. The maximum Gasteiger partial charge on any atom is 0.416 e. The predicted octanol–water partition coefficient (Wildman–Crippen LogP) is 1.01. The number of aliphatic hydroxyl groups excluding tert-OH is 1. The summed E-state index contributed by atoms with van der Waals surface area (Å²) in [5.41, 5.74) is -1.26. The summed E-state index contributed by atoms with van der Waals surface area (Å²) in [6.45, 7) is -1.20. The van der Waals surface area contributed by atoms with E-state index in [0.29, 0.717) is 0 Å². The molecule has 0 saturated heterocycles. The number of alkyl halides is 3. The predicted molar refractivity (Wildman–Crippen MR) is 63.3 cm³/mol. The van der Waals surface area contributed by atoms with Gasteiger partial charge in [0.15, 0.2) is 0 Å². The number of ketones is 2. The number of Topliss-reactive ketones (excluding diaryl/α,β-unsaturated/α-hetero) is 2. The highest BCUT2D eigenvalue weighted by molar-refractivity contribution is 6.66. The van der Waals surface area contributed by atoms with Gasteiger partial charge in [0.1, 0.15) is 12.3 Å². The number of carbonyl (C=O) groups is 2. The quantitative estimate of drug-likeness (QED) is 0.824. The summed E-state index contributed by atoms with van der Waals surface area (Å²) in [7, 11) is 0. The molecule has 0 unspecified atom stereocenters. The molecule has 1 heterocycles. The minimum absolute atomic E-state index is 0.0200. The van der Waals surface area contributed by atoms with Crippen LogP contribution in [0.5, 0.6) is 0 Å². The first kappa shape index (κ1) is 14.2. The molecule has 0 fully saturated rings. The Bertz CT molecular complexity index is 596. The number of nitrogens with zero attached hydrogens (tertiary/aromatic N) is 2. The van der Waals surface area contributed by atoms with Crippen molar-refractivity contribution in [2.75, 3.05) is 18.2 Å². The van der Waals surface area contributed by atoms with E-state index in [2.05, 4.69) is 5.10 Å². The first-order valence-electron chi connectivity index (χ1n) is 5.53. The summed E-state index contributed by atoms with van der Waals surface area (Å²) in [6, 6.07) is 4.21. The number of hydrogen-bond acceptors (Lipinski definition) is 5. The highest BCUT2D eigenvalue weighted by Gasteiger charge is 2.32. The normalized spacial score (nSPS) is 16.4. The molecule has 0 aliphatic carbocycles. The monoisotopic (exact) mass is 286 g/mol. The summed E-state index contributed by atoms with van der Waals surface area (Å²) in [4.78, 5) is 22.7. The van der Waals surface area contributed by atoms with Crippen molar-refractivity contribution in [1.82, 2.24) is 0 Å². The Morgan fingerprint density at radius 1 is 1.30 bits per heavy atom. The van der Waals surface area contributed by atoms with Gasteiger partial charge in [-0.25, -0.2) is 0 Å². The summed E-state index contributed by atoms with van der Waals surface area (Å²) in [5.74, 6) is -1.75. The zero-order valence-electron chi connectivity index (χ0n) is 10.0. The summed E-state index contributed by atoms with van der Waals surface area (Å²) < 4.78 is 37.8. The molecule has 1 N–H and O–H groups in total. The van der Waals surface area contributed by atoms with E-state index in [1.165, 1.54) is 12.1 Å². The van der Waals surface area contributed by atoms with Gasteiger partial charge < -0.3 is 5.11 Å². The van der Waals surface area contributed by atoms with Gasteiger partial charge in [-0.1, -0.05) is 6.07 Å². The van der Waals surface area contributed by atoms with E-state index in [1.54, 1.807) is 0 Å². The molecular weight excluding hydrogens is 277 g/mol. The Morgan fingerprint density at radius 3 is 2.60 bits per heavy atom. The number of hydrazone groups is 1. The van der Waals surface area contributed by atoms with Crippen LogP contribution in [-0.2, 0) is 15.8 Å². The Kier molecular flexibility index (Phi) is 3.58. The van der Waals surface area contributed by atoms with Gasteiger partial charge in [0, 0.05) is 0 Å². The first-order chi connectivity index (χ1) is 9.32. The van der Waals surface area contributed by atoms with Crippen LogP contribution in [0.1, 0.15) is 5.56 Å². The lowest BCUT2D eigenvalue weighted by Crippen LogP contribution is -2.42. The van der Waals surface area contributed by atoms with Crippen LogP contribution in [0.15, 0.2) is 29.4 Å². The molecular formula is C12H9F3N2O3. The topological polar surface area (TPSA) is 70.0 Å². The van der Waals surface area contributed by atoms with Crippen LogP contribution < -0.4 is 5.01 Å². The zero-order chi connectivity index (χ0) is 14.9. The Labute approximate surface area is 111 Å². The molecule has 0 amide bonds. The average Bonchev–Trinajstić information content (AvgIpc) is 2.41. The highest BCUT2D eigenvalue weighted by Crippen LogP contribution is 2.31. The van der Waals surface area contributed by atoms with Crippen molar-refractivity contribution >= 4 is 23.0 Å². The van der Waals surface area contributed by atoms with Gasteiger partial charge in [-0.3, -0.25) is 14.6 Å². The standard InChI is InChI=1S/C12H9F3N2O3/c13-12(14,15)7-2-1-3-8(4-7)17-5-10(19)11(20)9(6-18)16-17/h1-4,18H,5-6H2. The van der Waals surface area contributed by atoms with E-state index in [4.69, 9.17) is 5.11 Å². The lowest BCUT2D eigenvalue weighted by atomic mass is 10.1. The zero-order valence-corrected chi connectivity index (χ0v) is 10.0. The number of benzene rings is 1. The van der Waals surface area contributed by atoms with Crippen molar-refractivity contribution in [1.29, 1.82) is 0 Å². The van der Waals surface area contributed by atoms with E-state index >= 15 is 0 Å². The lowest BCUT2D eigenvalue weighted by molar-refractivity contribution is -0.137. The van der Waals surface area contributed by atoms with Crippen molar-refractivity contribution in [3.05, 3.63) is 29.8 Å². The summed E-state index contributed by atoms with van der Waals surface area (Å²) in [6.07, 6.45) is -4.52. The third kappa shape index (κ3) is 2.69. The molecule has 0 atom stereocenters. The number of hydrogen-bond donors (Lipinski definition) is 1. The van der Waals surface area contributed by atoms with Gasteiger partial charge in [-0.2, -0.15) is 18.3 Å². The van der Waals surface area contributed by atoms with Gasteiger partial charge in [0.25, 0.3) is 0 Å². The van der Waals surface area contributed by atoms with Crippen molar-refractivity contribution in [3.63, 3.8) is 0 Å². The van der Waals surface area contributed by atoms with Crippen molar-refractivity contribution < 1.29 is 27.9 Å². The minimum Gasteiger partial charge on any atom is -0.390 e. The fraction of sp³-hybridized carbons (Fsp3) is 0.250. The maximum absolute atomic E-state index is 12.6. The van der Waals surface area contributed by atoms with E-state index in [-0.39, 0.29) is 5.69 Å². The number of aliphatic hydroxyl groups is 1. The Balaban J connectivity index is 2.39. The van der Waals surface area contributed by atoms with Crippen molar-refractivity contribution in [3.8, 4) is 0 Å². The highest BCUT2D eigenvalue weighted by atomic mass is 19.4. The van der Waals surface area contributed by atoms with Gasteiger partial charge in [0.05, 0.1) is 17.9 Å². The third-order valence-electron chi connectivity index (χ3n) is 2.67. The fourth-order valence-electron chi connectivity index (χ4n) is 1.69. The second-order valence-electron chi connectivity index (χ2n) is 4.06. The number of carbonyl (C=O) groups excluding carboxylic acids is 2. The number of anilines is 1. The average molecular weight is 286 g/mol. The van der Waals surface area contributed by atoms with Gasteiger partial charge in [-0.15, -0.1) is 0 Å². The molecule has 0 radical (unpaired) electrons. The fourth-order valence-corrected chi connectivity index (χ4v) is 1.69. The Hall–Kier alpha value is -2.22. The summed E-state index contributed by atoms with van der Waals surface area (Å²) in [5, 5.41) is 13.6. The summed E-state index contributed by atoms with van der Waals surface area (Å²) >= 11 is 0. The van der Waals surface area contributed by atoms with Crippen LogP contribution in [0.3, 0.4) is 0 Å². The smallest absolute Gasteiger partial charge is 0.390 e. The number of rotatable bonds is 2. The molecule has 5 nitrogen and oxygen atoms in total. The van der Waals surface area contributed by atoms with Crippen LogP contribution in [0.4, 0.5) is 18.9 Å². The van der Waals surface area contributed by atoms with Crippen LogP contribution in [0, 0.1) is 0 Å². The molecule has 20 heavy (non-hydrogen) atoms. The Morgan fingerprint density at radius 2 is 2.00 bits per heavy atom. The second-order valence-corrected chi connectivity index (χ2v) is 4.06. The van der Waals surface area contributed by atoms with Crippen LogP contribution in [0.2, 0.25) is 0 Å². The molecule has 0 aromatic heterocycles. The molecule has 1 aromatic carbocycles. The third-order valence-corrected chi connectivity index (χ3v) is 2.67. The van der Waals surface area contributed by atoms with Crippen LogP contribution in [-0.4, -0.2) is 35.5 Å².